The van der Waals surface area contributed by atoms with Crippen molar-refractivity contribution in [3.63, 3.8) is 0 Å². The smallest absolute Gasteiger partial charge is 0.214 e. The molecular weight excluding hydrogens is 236 g/mol. The van der Waals surface area contributed by atoms with Gasteiger partial charge in [-0.1, -0.05) is 24.6 Å². The molecule has 1 aromatic rings. The summed E-state index contributed by atoms with van der Waals surface area (Å²) in [5.41, 5.74) is 2.47. The minimum absolute atomic E-state index is 0.517. The van der Waals surface area contributed by atoms with E-state index in [4.69, 9.17) is 0 Å². The van der Waals surface area contributed by atoms with Gasteiger partial charge in [0.05, 0.1) is 0 Å². The average Bonchev–Trinajstić information content (AvgIpc) is 2.84. The van der Waals surface area contributed by atoms with E-state index in [-0.39, 0.29) is 0 Å². The highest BCUT2D eigenvalue weighted by molar-refractivity contribution is 5.80. The number of rotatable bonds is 4. The molecule has 0 aromatic heterocycles. The third-order valence-corrected chi connectivity index (χ3v) is 4.47. The maximum absolute atomic E-state index is 11.1. The monoisotopic (exact) mass is 258 g/mol. The van der Waals surface area contributed by atoms with E-state index in [1.807, 2.05) is 11.0 Å². The topological polar surface area (TPSA) is 23.6 Å². The first kappa shape index (κ1) is 12.7. The Labute approximate surface area is 115 Å². The molecule has 1 aromatic carbocycles. The molecular formula is C16H22N2O. The maximum atomic E-state index is 11.1. The van der Waals surface area contributed by atoms with Gasteiger partial charge in [-0.2, -0.15) is 0 Å². The number of benzene rings is 1. The molecule has 0 N–H and O–H groups in total. The molecule has 0 aliphatic carbocycles. The zero-order chi connectivity index (χ0) is 13.1. The lowest BCUT2D eigenvalue weighted by Crippen LogP contribution is -2.31. The molecule has 1 amide bonds. The van der Waals surface area contributed by atoms with Crippen LogP contribution in [0.5, 0.6) is 0 Å². The van der Waals surface area contributed by atoms with Gasteiger partial charge in [0, 0.05) is 18.2 Å². The summed E-state index contributed by atoms with van der Waals surface area (Å²) in [5, 5.41) is 0. The van der Waals surface area contributed by atoms with Gasteiger partial charge in [0.15, 0.2) is 0 Å². The molecule has 2 aliphatic heterocycles. The first-order valence-electron chi connectivity index (χ1n) is 7.41. The highest BCUT2D eigenvalue weighted by Crippen LogP contribution is 2.37. The van der Waals surface area contributed by atoms with Gasteiger partial charge in [0.2, 0.25) is 6.41 Å². The van der Waals surface area contributed by atoms with Crippen molar-refractivity contribution in [1.29, 1.82) is 0 Å². The van der Waals surface area contributed by atoms with Gasteiger partial charge < -0.3 is 9.80 Å². The Hall–Kier alpha value is -1.35. The van der Waals surface area contributed by atoms with Crippen molar-refractivity contribution >= 4 is 12.1 Å². The first-order chi connectivity index (χ1) is 9.38. The van der Waals surface area contributed by atoms with E-state index in [1.165, 1.54) is 50.9 Å². The van der Waals surface area contributed by atoms with Crippen LogP contribution in [-0.2, 0) is 4.79 Å². The number of carbonyl (C=O) groups is 1. The van der Waals surface area contributed by atoms with Crippen molar-refractivity contribution < 1.29 is 4.79 Å². The van der Waals surface area contributed by atoms with Gasteiger partial charge in [-0.15, -0.1) is 0 Å². The second-order valence-electron chi connectivity index (χ2n) is 5.70. The molecule has 3 nitrogen and oxygen atoms in total. The molecule has 0 radical (unpaired) electrons. The molecule has 2 aliphatic rings. The Morgan fingerprint density at radius 1 is 1.16 bits per heavy atom. The van der Waals surface area contributed by atoms with Gasteiger partial charge in [0.25, 0.3) is 0 Å². The van der Waals surface area contributed by atoms with E-state index in [2.05, 4.69) is 23.1 Å². The predicted molar refractivity (Wildman–Crippen MR) is 77.5 cm³/mol. The minimum Gasteiger partial charge on any atom is -0.314 e. The lowest BCUT2D eigenvalue weighted by Gasteiger charge is -2.27. The molecule has 1 saturated heterocycles. The van der Waals surface area contributed by atoms with Crippen LogP contribution in [0.4, 0.5) is 5.69 Å². The Kier molecular flexibility index (Phi) is 3.83. The van der Waals surface area contributed by atoms with Crippen molar-refractivity contribution in [3.8, 4) is 0 Å². The fourth-order valence-electron chi connectivity index (χ4n) is 3.40. The molecule has 1 unspecified atom stereocenters. The zero-order valence-electron chi connectivity index (χ0n) is 11.4. The van der Waals surface area contributed by atoms with Gasteiger partial charge >= 0.3 is 0 Å². The predicted octanol–water partition coefficient (Wildman–Crippen LogP) is 2.62. The van der Waals surface area contributed by atoms with E-state index < -0.39 is 0 Å². The van der Waals surface area contributed by atoms with Crippen LogP contribution in [0.15, 0.2) is 24.3 Å². The number of nitrogens with zero attached hydrogens (tertiary/aromatic N) is 2. The normalized spacial score (nSPS) is 23.4. The Morgan fingerprint density at radius 2 is 1.95 bits per heavy atom. The number of hydrogen-bond donors (Lipinski definition) is 0. The van der Waals surface area contributed by atoms with Gasteiger partial charge in [0.1, 0.15) is 0 Å². The second-order valence-corrected chi connectivity index (χ2v) is 5.70. The van der Waals surface area contributed by atoms with Crippen LogP contribution in [0, 0.1) is 0 Å². The summed E-state index contributed by atoms with van der Waals surface area (Å²) in [6.45, 7) is 4.54. The van der Waals surface area contributed by atoms with Crippen LogP contribution >= 0.6 is 0 Å². The molecule has 2 heterocycles. The summed E-state index contributed by atoms with van der Waals surface area (Å²) in [4.78, 5) is 15.6. The molecule has 0 bridgehead atoms. The quantitative estimate of drug-likeness (QED) is 0.775. The van der Waals surface area contributed by atoms with Crippen LogP contribution in [0.2, 0.25) is 0 Å². The summed E-state index contributed by atoms with van der Waals surface area (Å²) in [7, 11) is 0. The number of para-hydroxylation sites is 1. The van der Waals surface area contributed by atoms with Crippen LogP contribution in [0.3, 0.4) is 0 Å². The fourth-order valence-corrected chi connectivity index (χ4v) is 3.40. The van der Waals surface area contributed by atoms with Crippen molar-refractivity contribution in [3.05, 3.63) is 29.8 Å². The van der Waals surface area contributed by atoms with Crippen LogP contribution in [0.25, 0.3) is 0 Å². The largest absolute Gasteiger partial charge is 0.314 e. The number of fused-ring (bicyclic) bond motifs is 1. The van der Waals surface area contributed by atoms with E-state index in [1.54, 1.807) is 0 Å². The Bertz CT molecular complexity index is 440. The maximum Gasteiger partial charge on any atom is 0.214 e. The summed E-state index contributed by atoms with van der Waals surface area (Å²) in [6.07, 6.45) is 6.23. The van der Waals surface area contributed by atoms with Crippen LogP contribution in [0.1, 0.15) is 37.2 Å². The van der Waals surface area contributed by atoms with Crippen molar-refractivity contribution in [2.45, 2.75) is 31.6 Å². The lowest BCUT2D eigenvalue weighted by atomic mass is 9.97. The van der Waals surface area contributed by atoms with E-state index >= 15 is 0 Å². The molecule has 1 fully saturated rings. The van der Waals surface area contributed by atoms with Gasteiger partial charge in [-0.05, 0) is 50.5 Å². The SMILES string of the molecule is O=CN1CC(CCN2CCCCC2)c2ccccc21. The third-order valence-electron chi connectivity index (χ3n) is 4.47. The molecule has 0 saturated carbocycles. The average molecular weight is 258 g/mol. The van der Waals surface area contributed by atoms with Crippen LogP contribution < -0.4 is 4.90 Å². The third kappa shape index (κ3) is 2.66. The summed E-state index contributed by atoms with van der Waals surface area (Å²) in [6, 6.07) is 8.34. The number of piperidine rings is 1. The van der Waals surface area contributed by atoms with Crippen molar-refractivity contribution in [2.75, 3.05) is 31.1 Å². The second kappa shape index (κ2) is 5.74. The Morgan fingerprint density at radius 3 is 2.74 bits per heavy atom. The minimum atomic E-state index is 0.517. The number of carbonyl (C=O) groups excluding carboxylic acids is 1. The highest BCUT2D eigenvalue weighted by atomic mass is 16.1. The fraction of sp³-hybridized carbons (Fsp3) is 0.562. The zero-order valence-corrected chi connectivity index (χ0v) is 11.4. The summed E-state index contributed by atoms with van der Waals surface area (Å²) < 4.78 is 0. The number of anilines is 1. The van der Waals surface area contributed by atoms with Gasteiger partial charge in [-0.25, -0.2) is 0 Å². The van der Waals surface area contributed by atoms with E-state index in [0.29, 0.717) is 5.92 Å². The molecule has 3 heteroatoms. The highest BCUT2D eigenvalue weighted by Gasteiger charge is 2.28. The van der Waals surface area contributed by atoms with E-state index in [9.17, 15) is 4.79 Å². The molecule has 1 atom stereocenters. The molecule has 3 rings (SSSR count). The van der Waals surface area contributed by atoms with Gasteiger partial charge in [-0.3, -0.25) is 4.79 Å². The van der Waals surface area contributed by atoms with E-state index in [0.717, 1.165) is 18.6 Å². The summed E-state index contributed by atoms with van der Waals surface area (Å²) >= 11 is 0. The molecule has 19 heavy (non-hydrogen) atoms. The lowest BCUT2D eigenvalue weighted by molar-refractivity contribution is -0.107. The van der Waals surface area contributed by atoms with Crippen LogP contribution in [-0.4, -0.2) is 37.5 Å². The number of likely N-dealkylation sites (tertiary alicyclic amines) is 1. The van der Waals surface area contributed by atoms with Crippen molar-refractivity contribution in [2.24, 2.45) is 0 Å². The Balaban J connectivity index is 1.64. The number of amides is 1. The molecule has 0 spiro atoms. The standard InChI is InChI=1S/C16H22N2O/c19-13-18-12-14(15-6-2-3-7-16(15)18)8-11-17-9-4-1-5-10-17/h2-3,6-7,13-14H,1,4-5,8-12H2. The number of hydrogen-bond acceptors (Lipinski definition) is 2. The molecule has 102 valence electrons. The van der Waals surface area contributed by atoms with Crippen molar-refractivity contribution in [1.82, 2.24) is 4.90 Å². The first-order valence-corrected chi connectivity index (χ1v) is 7.41. The summed E-state index contributed by atoms with van der Waals surface area (Å²) in [5.74, 6) is 0.517.